The summed E-state index contributed by atoms with van der Waals surface area (Å²) < 4.78 is 10.7. The summed E-state index contributed by atoms with van der Waals surface area (Å²) >= 11 is 0. The number of quaternary nitrogens is 1. The zero-order valence-electron chi connectivity index (χ0n) is 13.3. The Morgan fingerprint density at radius 3 is 2.19 bits per heavy atom. The molecule has 112 valence electrons. The first kappa shape index (κ1) is 15.4. The molecule has 0 radical (unpaired) electrons. The highest BCUT2D eigenvalue weighted by Gasteiger charge is 2.08. The first-order valence-corrected chi connectivity index (χ1v) is 7.23. The largest absolute Gasteiger partial charge is 0.496 e. The van der Waals surface area contributed by atoms with Crippen molar-refractivity contribution in [3.05, 3.63) is 58.7 Å². The van der Waals surface area contributed by atoms with Gasteiger partial charge in [-0.2, -0.15) is 0 Å². The van der Waals surface area contributed by atoms with E-state index in [1.54, 1.807) is 14.2 Å². The molecule has 0 aliphatic rings. The highest BCUT2D eigenvalue weighted by atomic mass is 16.5. The van der Waals surface area contributed by atoms with Gasteiger partial charge in [0.1, 0.15) is 24.6 Å². The summed E-state index contributed by atoms with van der Waals surface area (Å²) in [6.45, 7) is 6.08. The van der Waals surface area contributed by atoms with Crippen molar-refractivity contribution in [2.45, 2.75) is 26.9 Å². The molecule has 21 heavy (non-hydrogen) atoms. The van der Waals surface area contributed by atoms with E-state index in [2.05, 4.69) is 43.4 Å². The SMILES string of the molecule is COc1cc(C)c(C[NH2+]Cc2ccccc2OC)cc1C. The highest BCUT2D eigenvalue weighted by molar-refractivity contribution is 5.41. The molecule has 3 nitrogen and oxygen atoms in total. The molecule has 2 rings (SSSR count). The zero-order chi connectivity index (χ0) is 15.2. The third-order valence-corrected chi connectivity index (χ3v) is 3.77. The molecule has 2 aromatic carbocycles. The van der Waals surface area contributed by atoms with E-state index in [0.717, 1.165) is 24.6 Å². The van der Waals surface area contributed by atoms with E-state index in [-0.39, 0.29) is 0 Å². The second-order valence-corrected chi connectivity index (χ2v) is 5.26. The van der Waals surface area contributed by atoms with Crippen LogP contribution >= 0.6 is 0 Å². The average molecular weight is 286 g/mol. The van der Waals surface area contributed by atoms with Crippen molar-refractivity contribution >= 4 is 0 Å². The minimum absolute atomic E-state index is 0.911. The molecule has 0 saturated carbocycles. The molecular weight excluding hydrogens is 262 g/mol. The van der Waals surface area contributed by atoms with Gasteiger partial charge in [-0.1, -0.05) is 12.1 Å². The van der Waals surface area contributed by atoms with E-state index >= 15 is 0 Å². The number of benzene rings is 2. The van der Waals surface area contributed by atoms with Crippen LogP contribution in [0.4, 0.5) is 0 Å². The maximum Gasteiger partial charge on any atom is 0.127 e. The Labute approximate surface area is 126 Å². The predicted octanol–water partition coefficient (Wildman–Crippen LogP) is 2.58. The molecule has 0 aliphatic carbocycles. The van der Waals surface area contributed by atoms with E-state index < -0.39 is 0 Å². The summed E-state index contributed by atoms with van der Waals surface area (Å²) in [7, 11) is 3.44. The fourth-order valence-corrected chi connectivity index (χ4v) is 2.54. The maximum atomic E-state index is 5.38. The monoisotopic (exact) mass is 286 g/mol. The maximum absolute atomic E-state index is 5.38. The van der Waals surface area contributed by atoms with Gasteiger partial charge in [0.2, 0.25) is 0 Å². The van der Waals surface area contributed by atoms with E-state index in [1.165, 1.54) is 22.3 Å². The predicted molar refractivity (Wildman–Crippen MR) is 84.8 cm³/mol. The highest BCUT2D eigenvalue weighted by Crippen LogP contribution is 2.22. The van der Waals surface area contributed by atoms with Crippen LogP contribution in [0.25, 0.3) is 0 Å². The van der Waals surface area contributed by atoms with Gasteiger partial charge in [-0.25, -0.2) is 0 Å². The topological polar surface area (TPSA) is 35.1 Å². The van der Waals surface area contributed by atoms with Gasteiger partial charge >= 0.3 is 0 Å². The standard InChI is InChI=1S/C18H23NO2/c1-13-10-18(21-4)14(2)9-16(13)12-19-11-15-7-5-6-8-17(15)20-3/h5-10,19H,11-12H2,1-4H3/p+1. The van der Waals surface area contributed by atoms with Crippen molar-refractivity contribution in [3.8, 4) is 11.5 Å². The second-order valence-electron chi connectivity index (χ2n) is 5.26. The van der Waals surface area contributed by atoms with Crippen LogP contribution in [-0.2, 0) is 13.1 Å². The van der Waals surface area contributed by atoms with Crippen molar-refractivity contribution in [3.63, 3.8) is 0 Å². The molecule has 0 spiro atoms. The average Bonchev–Trinajstić information content (AvgIpc) is 2.50. The van der Waals surface area contributed by atoms with Crippen LogP contribution in [0.1, 0.15) is 22.3 Å². The van der Waals surface area contributed by atoms with Gasteiger partial charge in [0.05, 0.1) is 14.2 Å². The van der Waals surface area contributed by atoms with Crippen LogP contribution in [0.5, 0.6) is 11.5 Å². The lowest BCUT2D eigenvalue weighted by atomic mass is 10.0. The molecule has 2 aromatic rings. The number of ether oxygens (including phenoxy) is 2. The van der Waals surface area contributed by atoms with Crippen molar-refractivity contribution < 1.29 is 14.8 Å². The normalized spacial score (nSPS) is 10.5. The number of nitrogens with two attached hydrogens (primary N) is 1. The van der Waals surface area contributed by atoms with Crippen molar-refractivity contribution in [2.24, 2.45) is 0 Å². The molecule has 0 atom stereocenters. The Hall–Kier alpha value is -2.00. The lowest BCUT2D eigenvalue weighted by Crippen LogP contribution is -2.80. The van der Waals surface area contributed by atoms with Gasteiger partial charge in [0.15, 0.2) is 0 Å². The third kappa shape index (κ3) is 3.76. The smallest absolute Gasteiger partial charge is 0.127 e. The minimum atomic E-state index is 0.911. The lowest BCUT2D eigenvalue weighted by Gasteiger charge is -2.11. The van der Waals surface area contributed by atoms with E-state index in [0.29, 0.717) is 0 Å². The van der Waals surface area contributed by atoms with Crippen LogP contribution in [0, 0.1) is 13.8 Å². The molecule has 0 bridgehead atoms. The number of methoxy groups -OCH3 is 2. The summed E-state index contributed by atoms with van der Waals surface area (Å²) in [5.74, 6) is 1.91. The van der Waals surface area contributed by atoms with Crippen molar-refractivity contribution in [2.75, 3.05) is 14.2 Å². The van der Waals surface area contributed by atoms with Gasteiger partial charge in [-0.15, -0.1) is 0 Å². The van der Waals surface area contributed by atoms with Gasteiger partial charge in [0, 0.05) is 11.1 Å². The zero-order valence-corrected chi connectivity index (χ0v) is 13.3. The Balaban J connectivity index is 2.02. The van der Waals surface area contributed by atoms with Gasteiger partial charge in [-0.05, 0) is 49.2 Å². The van der Waals surface area contributed by atoms with Crippen molar-refractivity contribution in [1.82, 2.24) is 0 Å². The summed E-state index contributed by atoms with van der Waals surface area (Å²) in [4.78, 5) is 0. The molecule has 0 unspecified atom stereocenters. The van der Waals surface area contributed by atoms with Gasteiger partial charge in [-0.3, -0.25) is 0 Å². The van der Waals surface area contributed by atoms with Crippen LogP contribution in [0.3, 0.4) is 0 Å². The molecule has 0 saturated heterocycles. The van der Waals surface area contributed by atoms with E-state index in [9.17, 15) is 0 Å². The summed E-state index contributed by atoms with van der Waals surface area (Å²) in [6, 6.07) is 12.5. The number of hydrogen-bond acceptors (Lipinski definition) is 2. The second kappa shape index (κ2) is 7.14. The minimum Gasteiger partial charge on any atom is -0.496 e. The quantitative estimate of drug-likeness (QED) is 0.886. The molecule has 3 heteroatoms. The molecule has 0 aliphatic heterocycles. The summed E-state index contributed by atoms with van der Waals surface area (Å²) in [5, 5.41) is 2.30. The van der Waals surface area contributed by atoms with Crippen LogP contribution in [0.2, 0.25) is 0 Å². The molecule has 0 aromatic heterocycles. The number of hydrogen-bond donors (Lipinski definition) is 1. The Kier molecular flexibility index (Phi) is 5.23. The van der Waals surface area contributed by atoms with E-state index in [4.69, 9.17) is 9.47 Å². The van der Waals surface area contributed by atoms with Crippen LogP contribution < -0.4 is 14.8 Å². The lowest BCUT2D eigenvalue weighted by molar-refractivity contribution is -0.686. The first-order valence-electron chi connectivity index (χ1n) is 7.23. The number of aryl methyl sites for hydroxylation is 2. The van der Waals surface area contributed by atoms with Crippen LogP contribution in [-0.4, -0.2) is 14.2 Å². The molecule has 2 N–H and O–H groups in total. The Morgan fingerprint density at radius 1 is 0.810 bits per heavy atom. The van der Waals surface area contributed by atoms with Crippen LogP contribution in [0.15, 0.2) is 36.4 Å². The third-order valence-electron chi connectivity index (χ3n) is 3.77. The summed E-state index contributed by atoms with van der Waals surface area (Å²) in [5.41, 5.74) is 5.03. The van der Waals surface area contributed by atoms with Crippen molar-refractivity contribution in [1.29, 1.82) is 0 Å². The number of para-hydroxylation sites is 1. The van der Waals surface area contributed by atoms with E-state index in [1.807, 2.05) is 12.1 Å². The molecule has 0 fully saturated rings. The van der Waals surface area contributed by atoms with Gasteiger partial charge in [0.25, 0.3) is 0 Å². The fraction of sp³-hybridized carbons (Fsp3) is 0.333. The first-order chi connectivity index (χ1) is 10.2. The Bertz CT molecular complexity index is 608. The molecule has 0 amide bonds. The number of rotatable bonds is 6. The molecule has 0 heterocycles. The van der Waals surface area contributed by atoms with Gasteiger partial charge < -0.3 is 14.8 Å². The fourth-order valence-electron chi connectivity index (χ4n) is 2.54. The molecular formula is C18H24NO2+. The Morgan fingerprint density at radius 2 is 1.48 bits per heavy atom. The summed E-state index contributed by atoms with van der Waals surface area (Å²) in [6.07, 6.45) is 0.